The van der Waals surface area contributed by atoms with Gasteiger partial charge in [0.05, 0.1) is 0 Å². The number of carbonyl (C=O) groups excluding carboxylic acids is 1. The molecule has 0 atom stereocenters. The van der Waals surface area contributed by atoms with Gasteiger partial charge in [0.2, 0.25) is 13.0 Å². The maximum Gasteiger partial charge on any atom is 0.209 e. The highest BCUT2D eigenvalue weighted by molar-refractivity contribution is 5.45. The van der Waals surface area contributed by atoms with Crippen LogP contribution in [0, 0.1) is 10.1 Å². The van der Waals surface area contributed by atoms with Gasteiger partial charge in [0.25, 0.3) is 0 Å². The molecule has 0 spiro atoms. The summed E-state index contributed by atoms with van der Waals surface area (Å²) in [5.74, 6) is 0. The lowest BCUT2D eigenvalue weighted by Crippen LogP contribution is -2.06. The average Bonchev–Trinajstić information content (AvgIpc) is 1.89. The van der Waals surface area contributed by atoms with Crippen LogP contribution in [-0.4, -0.2) is 36.9 Å². The van der Waals surface area contributed by atoms with Gasteiger partial charge in [0, 0.05) is 25.9 Å². The van der Waals surface area contributed by atoms with E-state index in [0.717, 1.165) is 6.41 Å². The minimum atomic E-state index is -0.375. The molecular weight excluding hydrogens is 136 g/mol. The topological polar surface area (TPSA) is 63.5 Å². The number of nitro groups is 1. The van der Waals surface area contributed by atoms with Gasteiger partial charge in [-0.1, -0.05) is 0 Å². The molecule has 0 unspecified atom stereocenters. The molecule has 0 fully saturated rings. The fraction of sp³-hybridized carbons (Fsp3) is 0.800. The summed E-state index contributed by atoms with van der Waals surface area (Å²) in [7, 11) is 3.38. The fourth-order valence-electron chi connectivity index (χ4n) is 0. The number of rotatable bonds is 2. The quantitative estimate of drug-likeness (QED) is 0.314. The first-order chi connectivity index (χ1) is 4.54. The highest BCUT2D eigenvalue weighted by Gasteiger charge is 1.77. The molecule has 5 nitrogen and oxygen atoms in total. The van der Waals surface area contributed by atoms with Crippen molar-refractivity contribution < 1.29 is 9.72 Å². The van der Waals surface area contributed by atoms with Crippen molar-refractivity contribution in [1.82, 2.24) is 4.90 Å². The maximum absolute atomic E-state index is 9.43. The van der Waals surface area contributed by atoms with E-state index >= 15 is 0 Å². The van der Waals surface area contributed by atoms with Gasteiger partial charge >= 0.3 is 0 Å². The predicted octanol–water partition coefficient (Wildman–Crippen LogP) is -0.0126. The van der Waals surface area contributed by atoms with E-state index in [1.54, 1.807) is 14.1 Å². The Kier molecular flexibility index (Phi) is 9.16. The van der Waals surface area contributed by atoms with Crippen LogP contribution in [0.4, 0.5) is 0 Å². The molecule has 0 radical (unpaired) electrons. The predicted molar refractivity (Wildman–Crippen MR) is 37.3 cm³/mol. The van der Waals surface area contributed by atoms with E-state index in [4.69, 9.17) is 0 Å². The summed E-state index contributed by atoms with van der Waals surface area (Å²) in [4.78, 5) is 19.7. The van der Waals surface area contributed by atoms with E-state index in [1.807, 2.05) is 0 Å². The maximum atomic E-state index is 9.43. The Balaban J connectivity index is 0. The van der Waals surface area contributed by atoms with Crippen LogP contribution >= 0.6 is 0 Å². The summed E-state index contributed by atoms with van der Waals surface area (Å²) in [6.45, 7) is 1.53. The van der Waals surface area contributed by atoms with Crippen LogP contribution in [0.2, 0.25) is 0 Å². The van der Waals surface area contributed by atoms with Crippen molar-refractivity contribution in [3.05, 3.63) is 10.1 Å². The molecule has 1 amide bonds. The lowest BCUT2D eigenvalue weighted by molar-refractivity contribution is -0.475. The van der Waals surface area contributed by atoms with Crippen molar-refractivity contribution in [3.8, 4) is 0 Å². The number of carbonyl (C=O) groups is 1. The zero-order valence-corrected chi connectivity index (χ0v) is 6.40. The lowest BCUT2D eigenvalue weighted by atomic mass is 10.8. The van der Waals surface area contributed by atoms with Crippen LogP contribution < -0.4 is 0 Å². The van der Waals surface area contributed by atoms with Gasteiger partial charge in [0.1, 0.15) is 0 Å². The minimum Gasteiger partial charge on any atom is -0.351 e. The van der Waals surface area contributed by atoms with Crippen LogP contribution in [0.5, 0.6) is 0 Å². The molecule has 0 saturated carbocycles. The first kappa shape index (κ1) is 11.6. The van der Waals surface area contributed by atoms with E-state index < -0.39 is 0 Å². The summed E-state index contributed by atoms with van der Waals surface area (Å²) >= 11 is 0. The van der Waals surface area contributed by atoms with Crippen molar-refractivity contribution in [2.24, 2.45) is 0 Å². The molecule has 10 heavy (non-hydrogen) atoms. The molecule has 5 heteroatoms. The fourth-order valence-corrected chi connectivity index (χ4v) is 0. The summed E-state index contributed by atoms with van der Waals surface area (Å²) in [5.41, 5.74) is 0. The molecule has 0 aromatic rings. The number of hydrogen-bond acceptors (Lipinski definition) is 3. The smallest absolute Gasteiger partial charge is 0.209 e. The summed E-state index contributed by atoms with van der Waals surface area (Å²) < 4.78 is 0. The summed E-state index contributed by atoms with van der Waals surface area (Å²) in [6, 6.07) is 0. The normalized spacial score (nSPS) is 7.10. The Morgan fingerprint density at radius 2 is 1.80 bits per heavy atom. The monoisotopic (exact) mass is 148 g/mol. The summed E-state index contributed by atoms with van der Waals surface area (Å²) in [5, 5.41) is 9.17. The van der Waals surface area contributed by atoms with Crippen LogP contribution in [0.3, 0.4) is 0 Å². The second-order valence-corrected chi connectivity index (χ2v) is 1.72. The molecule has 0 bridgehead atoms. The highest BCUT2D eigenvalue weighted by Crippen LogP contribution is 1.57. The zero-order valence-electron chi connectivity index (χ0n) is 6.40. The molecular formula is C5H12N2O3. The zero-order chi connectivity index (χ0) is 8.57. The number of hydrogen-bond donors (Lipinski definition) is 0. The molecule has 0 N–H and O–H groups in total. The van der Waals surface area contributed by atoms with Crippen molar-refractivity contribution in [2.45, 2.75) is 6.92 Å². The Labute approximate surface area is 59.8 Å². The minimum absolute atomic E-state index is 0.0278. The SMILES string of the molecule is CC[N+](=O)[O-].CN(C)C=O. The number of amides is 1. The molecule has 0 heterocycles. The molecule has 0 rings (SSSR count). The van der Waals surface area contributed by atoms with Crippen LogP contribution in [0.25, 0.3) is 0 Å². The Hall–Kier alpha value is -1.13. The number of nitrogens with zero attached hydrogens (tertiary/aromatic N) is 2. The van der Waals surface area contributed by atoms with Crippen LogP contribution in [0.1, 0.15) is 6.92 Å². The second kappa shape index (κ2) is 7.87. The standard InChI is InChI=1S/C3H7NO.C2H5NO2/c1-4(2)3-5;1-2-3(4)5/h3H,1-2H3;2H2,1H3. The Morgan fingerprint density at radius 3 is 1.80 bits per heavy atom. The van der Waals surface area contributed by atoms with Crippen LogP contribution in [0.15, 0.2) is 0 Å². The third kappa shape index (κ3) is 28.7. The lowest BCUT2D eigenvalue weighted by Gasteiger charge is -1.93. The van der Waals surface area contributed by atoms with E-state index in [9.17, 15) is 14.9 Å². The third-order valence-electron chi connectivity index (χ3n) is 0.469. The second-order valence-electron chi connectivity index (χ2n) is 1.72. The molecule has 0 aliphatic rings. The highest BCUT2D eigenvalue weighted by atomic mass is 16.6. The van der Waals surface area contributed by atoms with Gasteiger partial charge in [-0.15, -0.1) is 0 Å². The first-order valence-corrected chi connectivity index (χ1v) is 2.78. The Bertz CT molecular complexity index is 103. The summed E-state index contributed by atoms with van der Waals surface area (Å²) in [6.07, 6.45) is 0.750. The van der Waals surface area contributed by atoms with Crippen molar-refractivity contribution in [1.29, 1.82) is 0 Å². The van der Waals surface area contributed by atoms with E-state index in [-0.39, 0.29) is 11.5 Å². The van der Waals surface area contributed by atoms with Crippen LogP contribution in [-0.2, 0) is 4.79 Å². The largest absolute Gasteiger partial charge is 0.351 e. The van der Waals surface area contributed by atoms with Gasteiger partial charge in [-0.05, 0) is 0 Å². The third-order valence-corrected chi connectivity index (χ3v) is 0.469. The molecule has 0 saturated heterocycles. The van der Waals surface area contributed by atoms with E-state index in [1.165, 1.54) is 11.8 Å². The van der Waals surface area contributed by atoms with E-state index in [2.05, 4.69) is 0 Å². The molecule has 0 aromatic heterocycles. The molecule has 0 aliphatic carbocycles. The van der Waals surface area contributed by atoms with Gasteiger partial charge in [-0.2, -0.15) is 0 Å². The van der Waals surface area contributed by atoms with Gasteiger partial charge in [-0.3, -0.25) is 14.9 Å². The average molecular weight is 148 g/mol. The molecule has 0 aliphatic heterocycles. The Morgan fingerprint density at radius 1 is 1.60 bits per heavy atom. The van der Waals surface area contributed by atoms with Crippen molar-refractivity contribution in [2.75, 3.05) is 20.6 Å². The van der Waals surface area contributed by atoms with Gasteiger partial charge < -0.3 is 4.90 Å². The van der Waals surface area contributed by atoms with E-state index in [0.29, 0.717) is 0 Å². The van der Waals surface area contributed by atoms with Crippen molar-refractivity contribution >= 4 is 6.41 Å². The van der Waals surface area contributed by atoms with Gasteiger partial charge in [0.15, 0.2) is 0 Å². The first-order valence-electron chi connectivity index (χ1n) is 2.78. The molecule has 60 valence electrons. The van der Waals surface area contributed by atoms with Crippen molar-refractivity contribution in [3.63, 3.8) is 0 Å². The molecule has 0 aromatic carbocycles. The van der Waals surface area contributed by atoms with Gasteiger partial charge in [-0.25, -0.2) is 0 Å².